The molecule has 2 amide bonds. The van der Waals surface area contributed by atoms with Gasteiger partial charge in [0.2, 0.25) is 0 Å². The molecule has 7 rings (SSSR count). The Morgan fingerprint density at radius 3 is 2.60 bits per heavy atom. The molecule has 0 radical (unpaired) electrons. The number of aromatic nitrogens is 3. The number of nitrogens with one attached hydrogen (secondary N) is 1. The van der Waals surface area contributed by atoms with Crippen molar-refractivity contribution < 1.29 is 23.5 Å². The lowest BCUT2D eigenvalue weighted by atomic mass is 9.95. The molecule has 55 heavy (non-hydrogen) atoms. The van der Waals surface area contributed by atoms with Crippen LogP contribution >= 0.6 is 22.9 Å². The number of benzene rings is 2. The van der Waals surface area contributed by atoms with Gasteiger partial charge >= 0.3 is 12.0 Å². The van der Waals surface area contributed by atoms with E-state index in [4.69, 9.17) is 31.1 Å². The number of fused-ring (bicyclic) bond motifs is 1. The molecule has 12 nitrogen and oxygen atoms in total. The van der Waals surface area contributed by atoms with Gasteiger partial charge < -0.3 is 24.3 Å². The number of ether oxygens (including phenoxy) is 2. The van der Waals surface area contributed by atoms with E-state index in [1.807, 2.05) is 45.6 Å². The fourth-order valence-electron chi connectivity index (χ4n) is 7.22. The molecule has 0 spiro atoms. The summed E-state index contributed by atoms with van der Waals surface area (Å²) >= 11 is 7.94. The number of hydrogen-bond acceptors (Lipinski definition) is 10. The minimum atomic E-state index is -1.20. The van der Waals surface area contributed by atoms with Crippen molar-refractivity contribution in [1.29, 1.82) is 0 Å². The molecule has 2 aromatic carbocycles. The van der Waals surface area contributed by atoms with Crippen LogP contribution in [-0.4, -0.2) is 103 Å². The zero-order valence-corrected chi connectivity index (χ0v) is 34.3. The average Bonchev–Trinajstić information content (AvgIpc) is 3.92. The summed E-state index contributed by atoms with van der Waals surface area (Å²) in [7, 11) is 0.124. The second-order valence-electron chi connectivity index (χ2n) is 15.1. The van der Waals surface area contributed by atoms with E-state index in [0.29, 0.717) is 61.6 Å². The molecule has 290 valence electrons. The monoisotopic (exact) mass is 804 g/mol. The number of piperazine rings is 1. The predicted molar refractivity (Wildman–Crippen MR) is 216 cm³/mol. The van der Waals surface area contributed by atoms with Gasteiger partial charge in [-0.1, -0.05) is 44.2 Å². The van der Waals surface area contributed by atoms with Crippen LogP contribution in [0.4, 0.5) is 14.9 Å². The first-order valence-electron chi connectivity index (χ1n) is 18.5. The Hall–Kier alpha value is -4.41. The Kier molecular flexibility index (Phi) is 11.6. The van der Waals surface area contributed by atoms with Crippen molar-refractivity contribution in [1.82, 2.24) is 29.7 Å². The highest BCUT2D eigenvalue weighted by Crippen LogP contribution is 2.37. The van der Waals surface area contributed by atoms with Gasteiger partial charge in [0.25, 0.3) is 0 Å². The Balaban J connectivity index is 1.08. The number of rotatable bonds is 13. The van der Waals surface area contributed by atoms with Crippen molar-refractivity contribution in [3.05, 3.63) is 98.6 Å². The van der Waals surface area contributed by atoms with E-state index in [1.165, 1.54) is 30.6 Å². The second kappa shape index (κ2) is 16.4. The molecule has 4 aromatic rings. The molecular formula is C39H46ClFN8O4SSi. The van der Waals surface area contributed by atoms with Crippen LogP contribution in [0.1, 0.15) is 29.2 Å². The number of anilines is 1. The number of carbonyl (C=O) groups excluding carboxylic acids is 2. The van der Waals surface area contributed by atoms with Gasteiger partial charge in [-0.2, -0.15) is 0 Å². The second-order valence-corrected chi connectivity index (χ2v) is 22.0. The van der Waals surface area contributed by atoms with Crippen molar-refractivity contribution in [2.45, 2.75) is 57.8 Å². The number of aryl methyl sites for hydroxylation is 1. The van der Waals surface area contributed by atoms with E-state index in [-0.39, 0.29) is 22.7 Å². The van der Waals surface area contributed by atoms with Crippen LogP contribution in [0.25, 0.3) is 11.4 Å². The summed E-state index contributed by atoms with van der Waals surface area (Å²) in [5.41, 5.74) is 4.25. The first-order chi connectivity index (χ1) is 26.4. The zero-order valence-electron chi connectivity index (χ0n) is 31.7. The quantitative estimate of drug-likeness (QED) is 0.0890. The molecule has 0 aliphatic carbocycles. The summed E-state index contributed by atoms with van der Waals surface area (Å²) in [4.78, 5) is 47.2. The lowest BCUT2D eigenvalue weighted by Gasteiger charge is -2.38. The van der Waals surface area contributed by atoms with E-state index in [2.05, 4.69) is 46.3 Å². The molecule has 1 N–H and O–H groups in total. The molecular weight excluding hydrogens is 759 g/mol. The number of halogens is 2. The normalized spacial score (nSPS) is 19.1. The van der Waals surface area contributed by atoms with Crippen molar-refractivity contribution >= 4 is 54.5 Å². The number of esters is 1. The van der Waals surface area contributed by atoms with E-state index < -0.39 is 25.9 Å². The highest BCUT2D eigenvalue weighted by atomic mass is 35.5. The van der Waals surface area contributed by atoms with Crippen molar-refractivity contribution in [2.24, 2.45) is 4.99 Å². The van der Waals surface area contributed by atoms with Crippen LogP contribution in [-0.2, 0) is 27.4 Å². The summed E-state index contributed by atoms with van der Waals surface area (Å²) in [5.74, 6) is 0.273. The molecule has 3 aliphatic heterocycles. The van der Waals surface area contributed by atoms with Crippen LogP contribution < -0.4 is 10.2 Å². The standard InChI is InChI=1S/C39H46ClFN8O4SSi/c1-6-27-20-43-36(49(27)24-53-16-18-55(3,4)5)25-7-10-28(11-8-25)48-22-29-21-46(14-15-47(29)39(48)51)23-32-33(38(50)52-2)34(30-12-9-26(41)19-31(30)40)45-35(44-32)37-42-13-17-54-37/h7-13,17,19-20,29,34H,6,14-16,18,21-24H2,1-5H3,(H,44,45)/t29-,34?/m0/s1. The molecule has 2 atom stereocenters. The third kappa shape index (κ3) is 8.40. The summed E-state index contributed by atoms with van der Waals surface area (Å²) in [6, 6.07) is 12.2. The van der Waals surface area contributed by atoms with Crippen molar-refractivity contribution in [2.75, 3.05) is 51.3 Å². The van der Waals surface area contributed by atoms with Gasteiger partial charge in [0.15, 0.2) is 10.8 Å². The summed E-state index contributed by atoms with van der Waals surface area (Å²) < 4.78 is 27.6. The van der Waals surface area contributed by atoms with E-state index >= 15 is 0 Å². The number of urea groups is 1. The van der Waals surface area contributed by atoms with Gasteiger partial charge in [-0.25, -0.2) is 23.9 Å². The fraction of sp³-hybridized carbons (Fsp3) is 0.410. The van der Waals surface area contributed by atoms with E-state index in [1.54, 1.807) is 12.3 Å². The smallest absolute Gasteiger partial charge is 0.338 e. The number of thiazole rings is 1. The van der Waals surface area contributed by atoms with Gasteiger partial charge in [-0.05, 0) is 48.9 Å². The summed E-state index contributed by atoms with van der Waals surface area (Å²) in [6.07, 6.45) is 4.44. The third-order valence-electron chi connectivity index (χ3n) is 10.2. The van der Waals surface area contributed by atoms with Crippen molar-refractivity contribution in [3.63, 3.8) is 0 Å². The van der Waals surface area contributed by atoms with Crippen LogP contribution in [0.5, 0.6) is 0 Å². The number of nitrogens with zero attached hydrogens (tertiary/aromatic N) is 7. The van der Waals surface area contributed by atoms with Gasteiger partial charge in [-0.3, -0.25) is 14.8 Å². The zero-order chi connectivity index (χ0) is 38.9. The summed E-state index contributed by atoms with van der Waals surface area (Å²) in [6.45, 7) is 12.9. The Morgan fingerprint density at radius 2 is 1.91 bits per heavy atom. The number of methoxy groups -OCH3 is 1. The molecule has 0 saturated carbocycles. The minimum absolute atomic E-state index is 0.0302. The SMILES string of the molecule is CCc1cnc(-c2ccc(N3C[C@@H]4CN(CC5=C(C(=O)OC)C(c6ccc(F)cc6Cl)N=C(c6nccs6)N5)CCN4C3=O)cc2)n1COCC[Si](C)(C)C. The molecule has 2 saturated heterocycles. The number of aliphatic imine (C=N–C) groups is 1. The molecule has 5 heterocycles. The van der Waals surface area contributed by atoms with E-state index in [0.717, 1.165) is 41.8 Å². The van der Waals surface area contributed by atoms with Crippen LogP contribution in [0, 0.1) is 5.82 Å². The number of amides is 2. The van der Waals surface area contributed by atoms with Crippen LogP contribution in [0.2, 0.25) is 30.7 Å². The maximum atomic E-state index is 14.1. The lowest BCUT2D eigenvalue weighted by molar-refractivity contribution is -0.136. The largest absolute Gasteiger partial charge is 0.466 e. The maximum Gasteiger partial charge on any atom is 0.338 e. The highest BCUT2D eigenvalue weighted by molar-refractivity contribution is 7.11. The first kappa shape index (κ1) is 38.8. The molecule has 16 heteroatoms. The first-order valence-corrected chi connectivity index (χ1v) is 23.4. The summed E-state index contributed by atoms with van der Waals surface area (Å²) in [5, 5.41) is 6.00. The lowest BCUT2D eigenvalue weighted by Crippen LogP contribution is -2.53. The fourth-order valence-corrected chi connectivity index (χ4v) is 8.83. The highest BCUT2D eigenvalue weighted by Gasteiger charge is 2.42. The molecule has 3 aliphatic rings. The molecule has 1 unspecified atom stereocenters. The predicted octanol–water partition coefficient (Wildman–Crippen LogP) is 6.82. The number of hydrogen-bond donors (Lipinski definition) is 1. The topological polar surface area (TPSA) is 117 Å². The Morgan fingerprint density at radius 1 is 1.11 bits per heavy atom. The maximum absolute atomic E-state index is 14.1. The van der Waals surface area contributed by atoms with E-state index in [9.17, 15) is 14.0 Å². The third-order valence-corrected chi connectivity index (χ3v) is 13.0. The van der Waals surface area contributed by atoms with Gasteiger partial charge in [0, 0.05) is 98.4 Å². The van der Waals surface area contributed by atoms with Gasteiger partial charge in [-0.15, -0.1) is 11.3 Å². The van der Waals surface area contributed by atoms with Gasteiger partial charge in [0.1, 0.15) is 24.4 Å². The van der Waals surface area contributed by atoms with Crippen molar-refractivity contribution in [3.8, 4) is 11.4 Å². The Labute approximate surface area is 330 Å². The van der Waals surface area contributed by atoms with Crippen LogP contribution in [0.3, 0.4) is 0 Å². The number of carbonyl (C=O) groups is 2. The molecule has 2 fully saturated rings. The Bertz CT molecular complexity index is 2100. The minimum Gasteiger partial charge on any atom is -0.466 e. The average molecular weight is 805 g/mol. The number of imidazole rings is 1. The molecule has 2 aromatic heterocycles. The number of amidine groups is 1. The van der Waals surface area contributed by atoms with Crippen LogP contribution in [0.15, 0.2) is 76.5 Å². The van der Waals surface area contributed by atoms with Gasteiger partial charge in [0.05, 0.1) is 18.7 Å². The molecule has 0 bridgehead atoms.